The van der Waals surface area contributed by atoms with Gasteiger partial charge in [-0.3, -0.25) is 0 Å². The summed E-state index contributed by atoms with van der Waals surface area (Å²) >= 11 is 6.31. The first-order valence-electron chi connectivity index (χ1n) is 9.10. The molecule has 1 fully saturated rings. The summed E-state index contributed by atoms with van der Waals surface area (Å²) in [7, 11) is 0. The van der Waals surface area contributed by atoms with E-state index in [1.54, 1.807) is 12.3 Å². The zero-order valence-corrected chi connectivity index (χ0v) is 16.3. The molecule has 0 spiro atoms. The molecule has 0 bridgehead atoms. The Morgan fingerprint density at radius 1 is 1.28 bits per heavy atom. The van der Waals surface area contributed by atoms with Crippen molar-refractivity contribution in [2.24, 2.45) is 0 Å². The molecule has 10 heteroatoms. The van der Waals surface area contributed by atoms with E-state index in [0.29, 0.717) is 53.0 Å². The van der Waals surface area contributed by atoms with E-state index in [4.69, 9.17) is 11.6 Å². The number of aliphatic hydroxyl groups excluding tert-OH is 1. The Balaban J connectivity index is 1.54. The van der Waals surface area contributed by atoms with Crippen molar-refractivity contribution in [2.45, 2.75) is 25.7 Å². The van der Waals surface area contributed by atoms with Gasteiger partial charge in [0.2, 0.25) is 5.95 Å². The van der Waals surface area contributed by atoms with E-state index in [1.807, 2.05) is 11.8 Å². The summed E-state index contributed by atoms with van der Waals surface area (Å²) in [5.41, 5.74) is 0.789. The highest BCUT2D eigenvalue weighted by atomic mass is 35.5. The lowest BCUT2D eigenvalue weighted by molar-refractivity contribution is -0.137. The molecule has 0 aliphatic carbocycles. The second kappa shape index (κ2) is 7.38. The maximum absolute atomic E-state index is 12.9. The standard InChI is InChI=1S/C19H19ClF3N5O/c1-11-9-27(17-14(20)6-12(10-29)8-24-17)4-5-28(11)18-25-15-3-2-13(19(21,22)23)7-16(15)26-18/h2-3,6-8,11,29H,4-5,9-10H2,1H3,(H,25,26). The van der Waals surface area contributed by atoms with E-state index in [2.05, 4.69) is 19.9 Å². The van der Waals surface area contributed by atoms with Gasteiger partial charge < -0.3 is 19.9 Å². The molecule has 3 heterocycles. The third-order valence-electron chi connectivity index (χ3n) is 5.06. The first kappa shape index (κ1) is 19.8. The Hall–Kier alpha value is -2.52. The fourth-order valence-corrected chi connectivity index (χ4v) is 3.87. The van der Waals surface area contributed by atoms with E-state index >= 15 is 0 Å². The smallest absolute Gasteiger partial charge is 0.392 e. The molecular formula is C19H19ClF3N5O. The van der Waals surface area contributed by atoms with E-state index in [1.165, 1.54) is 6.07 Å². The molecular weight excluding hydrogens is 407 g/mol. The van der Waals surface area contributed by atoms with Gasteiger partial charge in [-0.2, -0.15) is 13.2 Å². The topological polar surface area (TPSA) is 68.3 Å². The Labute approximate surface area is 169 Å². The quantitative estimate of drug-likeness (QED) is 0.667. The number of hydrogen-bond donors (Lipinski definition) is 2. The van der Waals surface area contributed by atoms with Gasteiger partial charge in [0, 0.05) is 31.9 Å². The number of aromatic nitrogens is 3. The summed E-state index contributed by atoms with van der Waals surface area (Å²) < 4.78 is 38.8. The van der Waals surface area contributed by atoms with Crippen LogP contribution >= 0.6 is 11.6 Å². The van der Waals surface area contributed by atoms with Gasteiger partial charge in [0.05, 0.1) is 28.2 Å². The average molecular weight is 426 g/mol. The van der Waals surface area contributed by atoms with Crippen LogP contribution in [0.3, 0.4) is 0 Å². The minimum absolute atomic E-state index is 0.0294. The molecule has 1 saturated heterocycles. The number of nitrogens with one attached hydrogen (secondary N) is 1. The van der Waals surface area contributed by atoms with Crippen LogP contribution in [0.15, 0.2) is 30.5 Å². The summed E-state index contributed by atoms with van der Waals surface area (Å²) in [5.74, 6) is 1.19. The number of benzene rings is 1. The number of hydrogen-bond acceptors (Lipinski definition) is 5. The summed E-state index contributed by atoms with van der Waals surface area (Å²) in [6.07, 6.45) is -2.80. The van der Waals surface area contributed by atoms with Crippen molar-refractivity contribution in [1.29, 1.82) is 0 Å². The van der Waals surface area contributed by atoms with Crippen LogP contribution in [0.4, 0.5) is 24.9 Å². The van der Waals surface area contributed by atoms with Crippen LogP contribution in [0.5, 0.6) is 0 Å². The highest BCUT2D eigenvalue weighted by molar-refractivity contribution is 6.33. The van der Waals surface area contributed by atoms with E-state index in [0.717, 1.165) is 12.1 Å². The molecule has 154 valence electrons. The molecule has 0 radical (unpaired) electrons. The number of fused-ring (bicyclic) bond motifs is 1. The molecule has 2 aromatic heterocycles. The number of anilines is 2. The van der Waals surface area contributed by atoms with Crippen molar-refractivity contribution in [3.05, 3.63) is 46.6 Å². The fraction of sp³-hybridized carbons (Fsp3) is 0.368. The van der Waals surface area contributed by atoms with Crippen LogP contribution in [-0.2, 0) is 12.8 Å². The van der Waals surface area contributed by atoms with Crippen LogP contribution in [0.1, 0.15) is 18.1 Å². The van der Waals surface area contributed by atoms with Gasteiger partial charge in [0.1, 0.15) is 5.82 Å². The molecule has 2 N–H and O–H groups in total. The first-order valence-corrected chi connectivity index (χ1v) is 9.48. The van der Waals surface area contributed by atoms with Gasteiger partial charge in [0.15, 0.2) is 0 Å². The van der Waals surface area contributed by atoms with Gasteiger partial charge >= 0.3 is 6.18 Å². The molecule has 0 saturated carbocycles. The van der Waals surface area contributed by atoms with E-state index in [-0.39, 0.29) is 12.6 Å². The lowest BCUT2D eigenvalue weighted by Gasteiger charge is -2.40. The molecule has 4 rings (SSSR count). The Morgan fingerprint density at radius 3 is 2.72 bits per heavy atom. The van der Waals surface area contributed by atoms with Gasteiger partial charge in [-0.05, 0) is 36.8 Å². The second-order valence-electron chi connectivity index (χ2n) is 7.09. The number of alkyl halides is 3. The van der Waals surface area contributed by atoms with Crippen molar-refractivity contribution in [1.82, 2.24) is 15.0 Å². The Kier molecular flexibility index (Phi) is 5.04. The number of piperazine rings is 1. The van der Waals surface area contributed by atoms with E-state index < -0.39 is 11.7 Å². The molecule has 1 atom stereocenters. The molecule has 3 aromatic rings. The Morgan fingerprint density at radius 2 is 2.07 bits per heavy atom. The van der Waals surface area contributed by atoms with Crippen molar-refractivity contribution in [3.8, 4) is 0 Å². The van der Waals surface area contributed by atoms with Gasteiger partial charge in [-0.1, -0.05) is 11.6 Å². The number of aromatic amines is 1. The summed E-state index contributed by atoms with van der Waals surface area (Å²) in [6.45, 7) is 3.74. The highest BCUT2D eigenvalue weighted by Gasteiger charge is 2.31. The molecule has 0 amide bonds. The van der Waals surface area contributed by atoms with Gasteiger partial charge in [0.25, 0.3) is 0 Å². The molecule has 1 aromatic carbocycles. The molecule has 29 heavy (non-hydrogen) atoms. The number of halogens is 4. The largest absolute Gasteiger partial charge is 0.416 e. The predicted molar refractivity (Wildman–Crippen MR) is 105 cm³/mol. The van der Waals surface area contributed by atoms with Crippen molar-refractivity contribution < 1.29 is 18.3 Å². The molecule has 1 unspecified atom stereocenters. The fourth-order valence-electron chi connectivity index (χ4n) is 3.56. The maximum atomic E-state index is 12.9. The van der Waals surface area contributed by atoms with Crippen LogP contribution in [0.25, 0.3) is 11.0 Å². The van der Waals surface area contributed by atoms with Crippen molar-refractivity contribution >= 4 is 34.4 Å². The first-order chi connectivity index (χ1) is 13.8. The maximum Gasteiger partial charge on any atom is 0.416 e. The lowest BCUT2D eigenvalue weighted by atomic mass is 10.2. The van der Waals surface area contributed by atoms with Crippen molar-refractivity contribution in [3.63, 3.8) is 0 Å². The Bertz CT molecular complexity index is 1040. The minimum Gasteiger partial charge on any atom is -0.392 e. The molecule has 1 aliphatic heterocycles. The number of H-pyrrole nitrogens is 1. The number of imidazole rings is 1. The van der Waals surface area contributed by atoms with Crippen molar-refractivity contribution in [2.75, 3.05) is 29.4 Å². The van der Waals surface area contributed by atoms with Crippen LogP contribution < -0.4 is 9.80 Å². The zero-order valence-electron chi connectivity index (χ0n) is 15.5. The highest BCUT2D eigenvalue weighted by Crippen LogP contribution is 2.32. The second-order valence-corrected chi connectivity index (χ2v) is 7.49. The summed E-state index contributed by atoms with van der Waals surface area (Å²) in [5, 5.41) is 9.67. The monoisotopic (exact) mass is 425 g/mol. The summed E-state index contributed by atoms with van der Waals surface area (Å²) in [6, 6.07) is 5.22. The molecule has 6 nitrogen and oxygen atoms in total. The SMILES string of the molecule is CC1CN(c2ncc(CO)cc2Cl)CCN1c1nc2ccc(C(F)(F)F)cc2[nH]1. The van der Waals surface area contributed by atoms with Gasteiger partial charge in [-0.25, -0.2) is 9.97 Å². The van der Waals surface area contributed by atoms with E-state index in [9.17, 15) is 18.3 Å². The lowest BCUT2D eigenvalue weighted by Crippen LogP contribution is -2.52. The zero-order chi connectivity index (χ0) is 20.8. The number of nitrogens with zero attached hydrogens (tertiary/aromatic N) is 4. The normalized spacial score (nSPS) is 17.9. The third-order valence-corrected chi connectivity index (χ3v) is 5.33. The van der Waals surface area contributed by atoms with Crippen LogP contribution in [0.2, 0.25) is 5.02 Å². The summed E-state index contributed by atoms with van der Waals surface area (Å²) in [4.78, 5) is 15.9. The third kappa shape index (κ3) is 3.84. The van der Waals surface area contributed by atoms with Gasteiger partial charge in [-0.15, -0.1) is 0 Å². The predicted octanol–water partition coefficient (Wildman–Crippen LogP) is 3.84. The average Bonchev–Trinajstić information content (AvgIpc) is 3.10. The number of pyridine rings is 1. The van der Waals surface area contributed by atoms with Crippen LogP contribution in [0, 0.1) is 0 Å². The number of rotatable bonds is 3. The minimum atomic E-state index is -4.39. The van der Waals surface area contributed by atoms with Crippen LogP contribution in [-0.4, -0.2) is 45.7 Å². The molecule has 1 aliphatic rings. The number of aliphatic hydroxyl groups is 1.